The summed E-state index contributed by atoms with van der Waals surface area (Å²) in [6, 6.07) is 0.565. The number of hydrogen-bond acceptors (Lipinski definition) is 3. The van der Waals surface area contributed by atoms with Crippen LogP contribution in [0.3, 0.4) is 0 Å². The van der Waals surface area contributed by atoms with Gasteiger partial charge in [0.05, 0.1) is 5.69 Å². The van der Waals surface area contributed by atoms with Crippen LogP contribution < -0.4 is 5.32 Å². The molecule has 100 valence electrons. The quantitative estimate of drug-likeness (QED) is 0.832. The maximum atomic E-state index is 4.68. The number of thiazole rings is 1. The molecule has 0 amide bonds. The number of rotatable bonds is 7. The molecule has 2 unspecified atom stereocenters. The Bertz CT molecular complexity index is 446. The van der Waals surface area contributed by atoms with Crippen molar-refractivity contribution >= 4 is 16.3 Å². The van der Waals surface area contributed by atoms with Gasteiger partial charge in [0, 0.05) is 23.8 Å². The van der Waals surface area contributed by atoms with Crippen molar-refractivity contribution in [3.63, 3.8) is 0 Å². The highest BCUT2D eigenvalue weighted by Crippen LogP contribution is 2.18. The van der Waals surface area contributed by atoms with E-state index in [0.717, 1.165) is 17.9 Å². The highest BCUT2D eigenvalue weighted by Gasteiger charge is 2.17. The number of fused-ring (bicyclic) bond motifs is 1. The molecule has 2 atom stereocenters. The van der Waals surface area contributed by atoms with Gasteiger partial charge < -0.3 is 5.32 Å². The van der Waals surface area contributed by atoms with Gasteiger partial charge in [-0.25, -0.2) is 4.98 Å². The van der Waals surface area contributed by atoms with E-state index < -0.39 is 0 Å². The van der Waals surface area contributed by atoms with Crippen LogP contribution in [0.4, 0.5) is 0 Å². The molecule has 0 aromatic carbocycles. The molecule has 0 aliphatic heterocycles. The molecule has 0 aliphatic rings. The van der Waals surface area contributed by atoms with Crippen LogP contribution in [0, 0.1) is 5.92 Å². The largest absolute Gasteiger partial charge is 0.314 e. The van der Waals surface area contributed by atoms with Crippen LogP contribution >= 0.6 is 11.3 Å². The minimum atomic E-state index is 0.565. The molecular formula is C14H23N3S. The molecular weight excluding hydrogens is 242 g/mol. The molecule has 0 saturated heterocycles. The normalized spacial score (nSPS) is 15.1. The van der Waals surface area contributed by atoms with Crippen LogP contribution in [0.1, 0.15) is 39.3 Å². The lowest BCUT2D eigenvalue weighted by Crippen LogP contribution is -2.34. The van der Waals surface area contributed by atoms with E-state index in [1.165, 1.54) is 18.5 Å². The molecule has 2 heterocycles. The third-order valence-electron chi connectivity index (χ3n) is 3.56. The smallest absolute Gasteiger partial charge is 0.193 e. The zero-order chi connectivity index (χ0) is 13.0. The molecule has 2 aromatic heterocycles. The van der Waals surface area contributed by atoms with Crippen molar-refractivity contribution in [3.05, 3.63) is 23.5 Å². The number of nitrogens with one attached hydrogen (secondary N) is 1. The Labute approximate surface area is 113 Å². The topological polar surface area (TPSA) is 29.3 Å². The Balaban J connectivity index is 1.99. The summed E-state index contributed by atoms with van der Waals surface area (Å²) in [5.41, 5.74) is 1.22. The molecule has 0 saturated carbocycles. The number of aromatic nitrogens is 2. The summed E-state index contributed by atoms with van der Waals surface area (Å²) in [6.07, 6.45) is 7.71. The zero-order valence-corrected chi connectivity index (χ0v) is 12.3. The van der Waals surface area contributed by atoms with Gasteiger partial charge >= 0.3 is 0 Å². The average Bonchev–Trinajstić information content (AvgIpc) is 2.93. The second-order valence-electron chi connectivity index (χ2n) is 4.94. The van der Waals surface area contributed by atoms with E-state index in [2.05, 4.69) is 53.2 Å². The van der Waals surface area contributed by atoms with Gasteiger partial charge in [-0.2, -0.15) is 0 Å². The zero-order valence-electron chi connectivity index (χ0n) is 11.5. The van der Waals surface area contributed by atoms with Gasteiger partial charge in [-0.3, -0.25) is 4.40 Å². The lowest BCUT2D eigenvalue weighted by molar-refractivity contribution is 0.360. The van der Waals surface area contributed by atoms with Crippen LogP contribution in [0.15, 0.2) is 17.8 Å². The third kappa shape index (κ3) is 3.12. The van der Waals surface area contributed by atoms with Crippen LogP contribution in [-0.4, -0.2) is 22.0 Å². The standard InChI is InChI=1S/C14H23N3S/c1-4-6-15-11(3)12(5-2)9-13-10-17-7-8-18-14(17)16-13/h7-8,10-12,15H,4-6,9H2,1-3H3. The summed E-state index contributed by atoms with van der Waals surface area (Å²) in [5.74, 6) is 0.668. The van der Waals surface area contributed by atoms with Crippen LogP contribution in [0.2, 0.25) is 0 Å². The van der Waals surface area contributed by atoms with Gasteiger partial charge in [0.2, 0.25) is 0 Å². The number of hydrogen-bond donors (Lipinski definition) is 1. The van der Waals surface area contributed by atoms with Crippen molar-refractivity contribution in [3.8, 4) is 0 Å². The fourth-order valence-corrected chi connectivity index (χ4v) is 3.08. The van der Waals surface area contributed by atoms with Crippen molar-refractivity contribution < 1.29 is 0 Å². The van der Waals surface area contributed by atoms with Crippen molar-refractivity contribution in [2.75, 3.05) is 6.54 Å². The minimum absolute atomic E-state index is 0.565. The number of imidazole rings is 1. The summed E-state index contributed by atoms with van der Waals surface area (Å²) in [6.45, 7) is 7.88. The van der Waals surface area contributed by atoms with Gasteiger partial charge in [0.1, 0.15) is 0 Å². The summed E-state index contributed by atoms with van der Waals surface area (Å²) in [5, 5.41) is 5.68. The average molecular weight is 265 g/mol. The molecule has 2 rings (SSSR count). The Morgan fingerprint density at radius 2 is 2.28 bits per heavy atom. The maximum absolute atomic E-state index is 4.68. The molecule has 2 aromatic rings. The molecule has 0 spiro atoms. The van der Waals surface area contributed by atoms with Crippen LogP contribution in [0.25, 0.3) is 4.96 Å². The molecule has 0 fully saturated rings. The fourth-order valence-electron chi connectivity index (χ4n) is 2.36. The molecule has 1 N–H and O–H groups in total. The summed E-state index contributed by atoms with van der Waals surface area (Å²) < 4.78 is 2.12. The first kappa shape index (κ1) is 13.6. The molecule has 0 bridgehead atoms. The summed E-state index contributed by atoms with van der Waals surface area (Å²) in [7, 11) is 0. The van der Waals surface area contributed by atoms with Crippen LogP contribution in [-0.2, 0) is 6.42 Å². The molecule has 18 heavy (non-hydrogen) atoms. The Hall–Kier alpha value is -0.870. The molecule has 4 heteroatoms. The molecule has 0 aliphatic carbocycles. The van der Waals surface area contributed by atoms with Crippen molar-refractivity contribution in [2.24, 2.45) is 5.92 Å². The van der Waals surface area contributed by atoms with Crippen molar-refractivity contribution in [1.82, 2.24) is 14.7 Å². The van der Waals surface area contributed by atoms with Gasteiger partial charge in [0.25, 0.3) is 0 Å². The van der Waals surface area contributed by atoms with Gasteiger partial charge in [-0.1, -0.05) is 20.3 Å². The van der Waals surface area contributed by atoms with Crippen molar-refractivity contribution in [1.29, 1.82) is 0 Å². The summed E-state index contributed by atoms with van der Waals surface area (Å²) >= 11 is 1.70. The summed E-state index contributed by atoms with van der Waals surface area (Å²) in [4.78, 5) is 5.78. The first-order valence-electron chi connectivity index (χ1n) is 6.89. The van der Waals surface area contributed by atoms with Crippen molar-refractivity contribution in [2.45, 2.75) is 46.1 Å². The highest BCUT2D eigenvalue weighted by atomic mass is 32.1. The Morgan fingerprint density at radius 3 is 2.94 bits per heavy atom. The van der Waals surface area contributed by atoms with Gasteiger partial charge in [-0.15, -0.1) is 11.3 Å². The third-order valence-corrected chi connectivity index (χ3v) is 4.33. The second-order valence-corrected chi connectivity index (χ2v) is 5.81. The first-order valence-corrected chi connectivity index (χ1v) is 7.77. The van der Waals surface area contributed by atoms with E-state index in [1.807, 2.05) is 0 Å². The maximum Gasteiger partial charge on any atom is 0.193 e. The SMILES string of the molecule is CCCNC(C)C(CC)Cc1cn2ccsc2n1. The monoisotopic (exact) mass is 265 g/mol. The molecule has 0 radical (unpaired) electrons. The molecule has 3 nitrogen and oxygen atoms in total. The van der Waals surface area contributed by atoms with E-state index in [4.69, 9.17) is 0 Å². The second kappa shape index (κ2) is 6.34. The van der Waals surface area contributed by atoms with E-state index >= 15 is 0 Å². The van der Waals surface area contributed by atoms with E-state index in [9.17, 15) is 0 Å². The number of nitrogens with zero attached hydrogens (tertiary/aromatic N) is 2. The first-order chi connectivity index (χ1) is 8.74. The predicted molar refractivity (Wildman–Crippen MR) is 78.3 cm³/mol. The Kier molecular flexibility index (Phi) is 4.78. The lowest BCUT2D eigenvalue weighted by Gasteiger charge is -2.23. The lowest BCUT2D eigenvalue weighted by atomic mass is 9.93. The van der Waals surface area contributed by atoms with Gasteiger partial charge in [-0.05, 0) is 32.2 Å². The van der Waals surface area contributed by atoms with E-state index in [1.54, 1.807) is 11.3 Å². The van der Waals surface area contributed by atoms with E-state index in [-0.39, 0.29) is 0 Å². The minimum Gasteiger partial charge on any atom is -0.314 e. The Morgan fingerprint density at radius 1 is 1.44 bits per heavy atom. The highest BCUT2D eigenvalue weighted by molar-refractivity contribution is 7.15. The predicted octanol–water partition coefficient (Wildman–Crippen LogP) is 3.35. The fraction of sp³-hybridized carbons (Fsp3) is 0.643. The van der Waals surface area contributed by atoms with Crippen LogP contribution in [0.5, 0.6) is 0 Å². The van der Waals surface area contributed by atoms with Gasteiger partial charge in [0.15, 0.2) is 4.96 Å². The van der Waals surface area contributed by atoms with E-state index in [0.29, 0.717) is 12.0 Å².